The monoisotopic (exact) mass is 268 g/mol. The first-order chi connectivity index (χ1) is 8.70. The van der Waals surface area contributed by atoms with Crippen molar-refractivity contribution >= 4 is 17.6 Å². The van der Waals surface area contributed by atoms with E-state index in [1.807, 2.05) is 31.2 Å². The van der Waals surface area contributed by atoms with E-state index in [1.165, 1.54) is 0 Å². The molecule has 2 rings (SSSR count). The molecule has 5 heteroatoms. The smallest absolute Gasteiger partial charge is 0.311 e. The number of halogens is 1. The van der Waals surface area contributed by atoms with Crippen LogP contribution in [-0.2, 0) is 16.0 Å². The molecule has 1 aromatic rings. The van der Waals surface area contributed by atoms with E-state index in [0.717, 1.165) is 17.0 Å². The summed E-state index contributed by atoms with van der Waals surface area (Å²) in [4.78, 5) is 11.8. The molecule has 0 bridgehead atoms. The van der Waals surface area contributed by atoms with Crippen LogP contribution in [0.3, 0.4) is 0 Å². The van der Waals surface area contributed by atoms with Crippen LogP contribution in [0, 0.1) is 5.92 Å². The van der Waals surface area contributed by atoms with E-state index in [2.05, 4.69) is 10.9 Å². The van der Waals surface area contributed by atoms with Crippen LogP contribution in [0.1, 0.15) is 12.5 Å². The van der Waals surface area contributed by atoms with Crippen molar-refractivity contribution in [3.05, 3.63) is 34.9 Å². The Hall–Kier alpha value is -1.10. The number of carbonyl (C=O) groups excluding carboxylic acids is 1. The average molecular weight is 269 g/mol. The molecular formula is C13H17ClN2O2. The SMILES string of the molecule is CCOC(=O)C1CNNC1Cc1ccc(Cl)cc1. The van der Waals surface area contributed by atoms with Crippen LogP contribution < -0.4 is 10.9 Å². The Bertz CT molecular complexity index is 408. The van der Waals surface area contributed by atoms with Gasteiger partial charge in [-0.05, 0) is 31.0 Å². The van der Waals surface area contributed by atoms with Crippen molar-refractivity contribution in [2.45, 2.75) is 19.4 Å². The molecule has 2 atom stereocenters. The van der Waals surface area contributed by atoms with E-state index in [1.54, 1.807) is 0 Å². The fourth-order valence-electron chi connectivity index (χ4n) is 2.11. The lowest BCUT2D eigenvalue weighted by Gasteiger charge is -2.17. The first-order valence-corrected chi connectivity index (χ1v) is 6.48. The highest BCUT2D eigenvalue weighted by Gasteiger charge is 2.33. The van der Waals surface area contributed by atoms with Crippen molar-refractivity contribution in [1.82, 2.24) is 10.9 Å². The average Bonchev–Trinajstić information content (AvgIpc) is 2.81. The Morgan fingerprint density at radius 1 is 1.44 bits per heavy atom. The van der Waals surface area contributed by atoms with Crippen molar-refractivity contribution in [1.29, 1.82) is 0 Å². The molecule has 0 aromatic heterocycles. The second-order valence-electron chi connectivity index (χ2n) is 4.32. The van der Waals surface area contributed by atoms with E-state index >= 15 is 0 Å². The maximum absolute atomic E-state index is 11.8. The highest BCUT2D eigenvalue weighted by Crippen LogP contribution is 2.17. The van der Waals surface area contributed by atoms with E-state index in [9.17, 15) is 4.79 Å². The van der Waals surface area contributed by atoms with Gasteiger partial charge in [0.15, 0.2) is 0 Å². The van der Waals surface area contributed by atoms with Crippen LogP contribution >= 0.6 is 11.6 Å². The Balaban J connectivity index is 1.99. The number of esters is 1. The fraction of sp³-hybridized carbons (Fsp3) is 0.462. The first kappa shape index (κ1) is 13.3. The minimum Gasteiger partial charge on any atom is -0.466 e. The molecule has 0 radical (unpaired) electrons. The molecule has 4 nitrogen and oxygen atoms in total. The lowest BCUT2D eigenvalue weighted by atomic mass is 9.95. The molecule has 0 saturated carbocycles. The summed E-state index contributed by atoms with van der Waals surface area (Å²) in [5.41, 5.74) is 7.29. The summed E-state index contributed by atoms with van der Waals surface area (Å²) < 4.78 is 5.07. The van der Waals surface area contributed by atoms with Crippen molar-refractivity contribution in [2.75, 3.05) is 13.2 Å². The topological polar surface area (TPSA) is 50.4 Å². The third-order valence-electron chi connectivity index (χ3n) is 3.05. The molecule has 1 fully saturated rings. The number of rotatable bonds is 4. The van der Waals surface area contributed by atoms with Crippen LogP contribution in [0.5, 0.6) is 0 Å². The maximum atomic E-state index is 11.8. The predicted octanol–water partition coefficient (Wildman–Crippen LogP) is 1.54. The molecule has 0 amide bonds. The molecular weight excluding hydrogens is 252 g/mol. The highest BCUT2D eigenvalue weighted by molar-refractivity contribution is 6.30. The Kier molecular flexibility index (Phi) is 4.58. The number of carbonyl (C=O) groups is 1. The van der Waals surface area contributed by atoms with Crippen LogP contribution in [0.2, 0.25) is 5.02 Å². The number of hydrogen-bond acceptors (Lipinski definition) is 4. The van der Waals surface area contributed by atoms with Gasteiger partial charge in [-0.25, -0.2) is 0 Å². The lowest BCUT2D eigenvalue weighted by Crippen LogP contribution is -2.36. The van der Waals surface area contributed by atoms with Gasteiger partial charge < -0.3 is 4.74 Å². The maximum Gasteiger partial charge on any atom is 0.311 e. The van der Waals surface area contributed by atoms with Crippen LogP contribution in [-0.4, -0.2) is 25.2 Å². The number of benzene rings is 1. The third-order valence-corrected chi connectivity index (χ3v) is 3.31. The normalized spacial score (nSPS) is 23.0. The molecule has 98 valence electrons. The number of hydrazine groups is 1. The molecule has 18 heavy (non-hydrogen) atoms. The summed E-state index contributed by atoms with van der Waals surface area (Å²) in [5.74, 6) is -0.283. The number of nitrogens with one attached hydrogen (secondary N) is 2. The van der Waals surface area contributed by atoms with Gasteiger partial charge in [-0.2, -0.15) is 0 Å². The fourth-order valence-corrected chi connectivity index (χ4v) is 2.23. The van der Waals surface area contributed by atoms with Gasteiger partial charge in [-0.3, -0.25) is 15.6 Å². The van der Waals surface area contributed by atoms with Gasteiger partial charge in [0, 0.05) is 17.6 Å². The van der Waals surface area contributed by atoms with Gasteiger partial charge in [-0.15, -0.1) is 0 Å². The van der Waals surface area contributed by atoms with Crippen LogP contribution in [0.15, 0.2) is 24.3 Å². The number of hydrogen-bond donors (Lipinski definition) is 2. The van der Waals surface area contributed by atoms with Crippen LogP contribution in [0.25, 0.3) is 0 Å². The molecule has 1 aromatic carbocycles. The van der Waals surface area contributed by atoms with Gasteiger partial charge in [0.1, 0.15) is 0 Å². The van der Waals surface area contributed by atoms with Gasteiger partial charge in [0.05, 0.1) is 12.5 Å². The van der Waals surface area contributed by atoms with Crippen molar-refractivity contribution in [2.24, 2.45) is 5.92 Å². The molecule has 2 N–H and O–H groups in total. The summed E-state index contributed by atoms with van der Waals surface area (Å²) in [6.07, 6.45) is 0.771. The standard InChI is InChI=1S/C13H17ClN2O2/c1-2-18-13(17)11-8-15-16-12(11)7-9-3-5-10(14)6-4-9/h3-6,11-12,15-16H,2,7-8H2,1H3. The summed E-state index contributed by atoms with van der Waals surface area (Å²) in [5, 5.41) is 0.721. The quantitative estimate of drug-likeness (QED) is 0.814. The van der Waals surface area contributed by atoms with E-state index in [-0.39, 0.29) is 17.9 Å². The molecule has 1 heterocycles. The Morgan fingerprint density at radius 2 is 2.17 bits per heavy atom. The van der Waals surface area contributed by atoms with Gasteiger partial charge in [-0.1, -0.05) is 23.7 Å². The molecule has 0 spiro atoms. The zero-order valence-electron chi connectivity index (χ0n) is 10.3. The molecule has 0 aliphatic carbocycles. The molecule has 2 unspecified atom stereocenters. The Labute approximate surface area is 112 Å². The van der Waals surface area contributed by atoms with Gasteiger partial charge >= 0.3 is 5.97 Å². The predicted molar refractivity (Wildman–Crippen MR) is 70.2 cm³/mol. The summed E-state index contributed by atoms with van der Waals surface area (Å²) in [6, 6.07) is 7.73. The lowest BCUT2D eigenvalue weighted by molar-refractivity contribution is -0.147. The first-order valence-electron chi connectivity index (χ1n) is 6.10. The van der Waals surface area contributed by atoms with Crippen molar-refractivity contribution in [3.8, 4) is 0 Å². The van der Waals surface area contributed by atoms with Gasteiger partial charge in [0.2, 0.25) is 0 Å². The molecule has 1 saturated heterocycles. The summed E-state index contributed by atoms with van der Waals surface area (Å²) >= 11 is 5.85. The molecule has 1 aliphatic heterocycles. The van der Waals surface area contributed by atoms with Crippen LogP contribution in [0.4, 0.5) is 0 Å². The summed E-state index contributed by atoms with van der Waals surface area (Å²) in [6.45, 7) is 2.85. The van der Waals surface area contributed by atoms with E-state index in [0.29, 0.717) is 13.2 Å². The highest BCUT2D eigenvalue weighted by atomic mass is 35.5. The third kappa shape index (κ3) is 3.22. The molecule has 1 aliphatic rings. The minimum absolute atomic E-state index is 0.0604. The van der Waals surface area contributed by atoms with Crippen molar-refractivity contribution in [3.63, 3.8) is 0 Å². The zero-order valence-corrected chi connectivity index (χ0v) is 11.0. The van der Waals surface area contributed by atoms with E-state index in [4.69, 9.17) is 16.3 Å². The second kappa shape index (κ2) is 6.18. The van der Waals surface area contributed by atoms with Gasteiger partial charge in [0.25, 0.3) is 0 Å². The van der Waals surface area contributed by atoms with E-state index < -0.39 is 0 Å². The van der Waals surface area contributed by atoms with Crippen molar-refractivity contribution < 1.29 is 9.53 Å². The zero-order chi connectivity index (χ0) is 13.0. The summed E-state index contributed by atoms with van der Waals surface area (Å²) in [7, 11) is 0. The Morgan fingerprint density at radius 3 is 2.83 bits per heavy atom. The largest absolute Gasteiger partial charge is 0.466 e. The minimum atomic E-state index is -0.144. The second-order valence-corrected chi connectivity index (χ2v) is 4.76. The number of ether oxygens (including phenoxy) is 1.